The number of unbranched alkanes of at least 4 members (excludes halogenated alkanes) is 1. The van der Waals surface area contributed by atoms with Crippen LogP contribution in [0.4, 0.5) is 8.78 Å². The molecule has 0 saturated heterocycles. The summed E-state index contributed by atoms with van der Waals surface area (Å²) >= 11 is 0.980. The molecule has 13 heteroatoms. The van der Waals surface area contributed by atoms with Crippen LogP contribution >= 0.6 is 18.9 Å². The average molecular weight is 573 g/mol. The number of rotatable bonds is 13. The number of thiophene rings is 1. The third-order valence-electron chi connectivity index (χ3n) is 5.52. The van der Waals surface area contributed by atoms with Gasteiger partial charge in [-0.2, -0.15) is 13.5 Å². The molecule has 2 aromatic carbocycles. The summed E-state index contributed by atoms with van der Waals surface area (Å²) in [4.78, 5) is 30.8. The summed E-state index contributed by atoms with van der Waals surface area (Å²) in [5.74, 6) is -0.579. The number of benzene rings is 2. The second-order valence-electron chi connectivity index (χ2n) is 8.33. The van der Waals surface area contributed by atoms with E-state index in [0.717, 1.165) is 36.3 Å². The van der Waals surface area contributed by atoms with Crippen molar-refractivity contribution in [3.8, 4) is 0 Å². The normalized spacial score (nSPS) is 13.3. The third kappa shape index (κ3) is 8.00. The Morgan fingerprint density at radius 3 is 2.24 bits per heavy atom. The number of carbonyl (C=O) groups excluding carboxylic acids is 1. The molecule has 1 atom stereocenters. The van der Waals surface area contributed by atoms with E-state index in [-0.39, 0.29) is 10.6 Å². The lowest BCUT2D eigenvalue weighted by Crippen LogP contribution is -2.48. The standard InChI is InChI=1S/C24H27F2N2O6PS2/c25-24(26,35(30,31)32)20-13-11-19(12-14-20)17-21(28-37(33,34)22-10-6-16-36-22)23(29)27-15-5-4-9-18-7-2-1-3-8-18/h1-3,6-8,10-14,16,21,28H,4-5,9,15,17H2,(H,27,29)(H2,30,31,32). The molecule has 37 heavy (non-hydrogen) atoms. The molecule has 0 bridgehead atoms. The van der Waals surface area contributed by atoms with Gasteiger partial charge >= 0.3 is 13.3 Å². The zero-order valence-electron chi connectivity index (χ0n) is 19.6. The predicted octanol–water partition coefficient (Wildman–Crippen LogP) is 4.00. The van der Waals surface area contributed by atoms with Gasteiger partial charge in [-0.1, -0.05) is 60.7 Å². The summed E-state index contributed by atoms with van der Waals surface area (Å²) in [6, 6.07) is 15.6. The van der Waals surface area contributed by atoms with E-state index in [4.69, 9.17) is 9.79 Å². The minimum absolute atomic E-state index is 0.0183. The Labute approximate surface area is 218 Å². The summed E-state index contributed by atoms with van der Waals surface area (Å²) in [6.07, 6.45) is 2.14. The number of nitrogens with one attached hydrogen (secondary N) is 2. The van der Waals surface area contributed by atoms with Crippen LogP contribution in [0.2, 0.25) is 0 Å². The van der Waals surface area contributed by atoms with Gasteiger partial charge in [-0.3, -0.25) is 9.36 Å². The number of aryl methyl sites for hydroxylation is 1. The molecule has 1 unspecified atom stereocenters. The maximum Gasteiger partial charge on any atom is 0.399 e. The van der Waals surface area contributed by atoms with Crippen molar-refractivity contribution < 1.29 is 36.3 Å². The molecule has 0 spiro atoms. The fourth-order valence-corrected chi connectivity index (χ4v) is 6.22. The van der Waals surface area contributed by atoms with Crippen LogP contribution in [0.3, 0.4) is 0 Å². The highest BCUT2D eigenvalue weighted by molar-refractivity contribution is 7.91. The minimum Gasteiger partial charge on any atom is -0.355 e. The van der Waals surface area contributed by atoms with Crippen molar-refractivity contribution >= 4 is 34.9 Å². The van der Waals surface area contributed by atoms with Crippen LogP contribution < -0.4 is 10.0 Å². The molecule has 0 aliphatic carbocycles. The van der Waals surface area contributed by atoms with E-state index in [2.05, 4.69) is 10.0 Å². The van der Waals surface area contributed by atoms with Crippen molar-refractivity contribution in [3.63, 3.8) is 0 Å². The van der Waals surface area contributed by atoms with E-state index in [0.29, 0.717) is 18.5 Å². The van der Waals surface area contributed by atoms with Crippen molar-refractivity contribution in [1.82, 2.24) is 10.0 Å². The maximum absolute atomic E-state index is 14.0. The molecule has 3 rings (SSSR count). The lowest BCUT2D eigenvalue weighted by atomic mass is 10.0. The maximum atomic E-state index is 14.0. The largest absolute Gasteiger partial charge is 0.399 e. The van der Waals surface area contributed by atoms with Crippen LogP contribution in [-0.4, -0.2) is 36.7 Å². The van der Waals surface area contributed by atoms with Gasteiger partial charge in [0, 0.05) is 12.1 Å². The van der Waals surface area contributed by atoms with Gasteiger partial charge in [0.25, 0.3) is 10.0 Å². The number of sulfonamides is 1. The topological polar surface area (TPSA) is 133 Å². The second-order valence-corrected chi connectivity index (χ2v) is 12.9. The molecule has 8 nitrogen and oxygen atoms in total. The van der Waals surface area contributed by atoms with Gasteiger partial charge < -0.3 is 15.1 Å². The molecule has 3 aromatic rings. The van der Waals surface area contributed by atoms with Gasteiger partial charge in [-0.15, -0.1) is 11.3 Å². The highest BCUT2D eigenvalue weighted by Gasteiger charge is 2.50. The number of carbonyl (C=O) groups is 1. The first-order valence-electron chi connectivity index (χ1n) is 11.3. The van der Waals surface area contributed by atoms with Crippen LogP contribution in [0.15, 0.2) is 76.3 Å². The van der Waals surface area contributed by atoms with Gasteiger partial charge in [0.1, 0.15) is 10.3 Å². The van der Waals surface area contributed by atoms with E-state index in [1.165, 1.54) is 23.8 Å². The Hall–Kier alpha value is -2.47. The summed E-state index contributed by atoms with van der Waals surface area (Å²) < 4.78 is 67.0. The lowest BCUT2D eigenvalue weighted by Gasteiger charge is -2.20. The van der Waals surface area contributed by atoms with Crippen LogP contribution in [0, 0.1) is 0 Å². The molecular formula is C24H27F2N2O6PS2. The van der Waals surface area contributed by atoms with E-state index >= 15 is 0 Å². The van der Waals surface area contributed by atoms with E-state index < -0.39 is 40.8 Å². The Morgan fingerprint density at radius 1 is 0.973 bits per heavy atom. The first-order chi connectivity index (χ1) is 17.4. The SMILES string of the molecule is O=C(NCCCCc1ccccc1)C(Cc1ccc(C(F)(F)P(=O)(O)O)cc1)NS(=O)(=O)c1cccs1. The van der Waals surface area contributed by atoms with Crippen LogP contribution in [0.1, 0.15) is 29.5 Å². The van der Waals surface area contributed by atoms with Crippen LogP contribution in [0.5, 0.6) is 0 Å². The Balaban J connectivity index is 1.68. The third-order valence-corrected chi connectivity index (χ3v) is 9.37. The minimum atomic E-state index is -5.73. The van der Waals surface area contributed by atoms with E-state index in [1.807, 2.05) is 30.3 Å². The monoisotopic (exact) mass is 572 g/mol. The molecular weight excluding hydrogens is 545 g/mol. The fourth-order valence-electron chi connectivity index (χ4n) is 3.53. The molecule has 200 valence electrons. The van der Waals surface area contributed by atoms with Crippen molar-refractivity contribution in [3.05, 3.63) is 88.8 Å². The van der Waals surface area contributed by atoms with Crippen LogP contribution in [-0.2, 0) is 37.9 Å². The number of hydrogen-bond acceptors (Lipinski definition) is 5. The second kappa shape index (κ2) is 12.4. The highest BCUT2D eigenvalue weighted by atomic mass is 32.2. The molecule has 0 aliphatic rings. The average Bonchev–Trinajstić information content (AvgIpc) is 3.40. The molecule has 0 saturated carbocycles. The first-order valence-corrected chi connectivity index (χ1v) is 15.3. The molecule has 1 heterocycles. The molecule has 0 aliphatic heterocycles. The lowest BCUT2D eigenvalue weighted by molar-refractivity contribution is -0.122. The van der Waals surface area contributed by atoms with Crippen molar-refractivity contribution in [2.45, 2.75) is 41.6 Å². The van der Waals surface area contributed by atoms with Gasteiger partial charge in [0.05, 0.1) is 0 Å². The molecule has 1 aromatic heterocycles. The summed E-state index contributed by atoms with van der Waals surface area (Å²) in [6.45, 7) is 0.316. The summed E-state index contributed by atoms with van der Waals surface area (Å²) in [5.41, 5.74) is -3.77. The molecule has 0 radical (unpaired) electrons. The Morgan fingerprint density at radius 2 is 1.65 bits per heavy atom. The zero-order valence-corrected chi connectivity index (χ0v) is 22.1. The molecule has 0 fully saturated rings. The number of amides is 1. The van der Waals surface area contributed by atoms with Gasteiger partial charge in [0.2, 0.25) is 5.91 Å². The predicted molar refractivity (Wildman–Crippen MR) is 137 cm³/mol. The highest BCUT2D eigenvalue weighted by Crippen LogP contribution is 2.59. The Bertz CT molecular complexity index is 1320. The summed E-state index contributed by atoms with van der Waals surface area (Å²) in [7, 11) is -9.75. The van der Waals surface area contributed by atoms with Gasteiger partial charge in [-0.25, -0.2) is 8.42 Å². The summed E-state index contributed by atoms with van der Waals surface area (Å²) in [5, 5.41) is 4.31. The van der Waals surface area contributed by atoms with Gasteiger partial charge in [0.15, 0.2) is 0 Å². The quantitative estimate of drug-likeness (QED) is 0.181. The fraction of sp³-hybridized carbons (Fsp3) is 0.292. The van der Waals surface area contributed by atoms with E-state index in [9.17, 15) is 26.6 Å². The number of alkyl halides is 2. The van der Waals surface area contributed by atoms with Crippen molar-refractivity contribution in [1.29, 1.82) is 0 Å². The smallest absolute Gasteiger partial charge is 0.355 e. The molecule has 4 N–H and O–H groups in total. The number of hydrogen-bond donors (Lipinski definition) is 4. The first kappa shape index (κ1) is 29.1. The Kier molecular flexibility index (Phi) is 9.74. The van der Waals surface area contributed by atoms with Gasteiger partial charge in [-0.05, 0) is 48.3 Å². The number of halogens is 2. The van der Waals surface area contributed by atoms with Crippen molar-refractivity contribution in [2.24, 2.45) is 0 Å². The zero-order chi connectivity index (χ0) is 27.1. The molecule has 1 amide bonds. The van der Waals surface area contributed by atoms with Crippen LogP contribution in [0.25, 0.3) is 0 Å². The van der Waals surface area contributed by atoms with E-state index in [1.54, 1.807) is 11.4 Å². The van der Waals surface area contributed by atoms with Crippen molar-refractivity contribution in [2.75, 3.05) is 6.54 Å².